The van der Waals surface area contributed by atoms with Crippen LogP contribution in [0.25, 0.3) is 0 Å². The Kier molecular flexibility index (Phi) is 8.52. The van der Waals surface area contributed by atoms with Gasteiger partial charge in [0, 0.05) is 23.9 Å². The molecule has 2 aromatic rings. The molecule has 4 nitrogen and oxygen atoms in total. The van der Waals surface area contributed by atoms with Gasteiger partial charge in [0.1, 0.15) is 0 Å². The number of rotatable bonds is 10. The van der Waals surface area contributed by atoms with Crippen LogP contribution in [0.5, 0.6) is 0 Å². The summed E-state index contributed by atoms with van der Waals surface area (Å²) in [5, 5.41) is 2.02. The summed E-state index contributed by atoms with van der Waals surface area (Å²) in [6.45, 7) is 7.78. The zero-order valence-corrected chi connectivity index (χ0v) is 17.4. The van der Waals surface area contributed by atoms with Gasteiger partial charge in [0.05, 0.1) is 13.1 Å². The summed E-state index contributed by atoms with van der Waals surface area (Å²) in [5.41, 5.74) is 1.10. The standard InChI is InChI=1S/C22H30N2O2S/c1-4-5-13-23(22(26)18(2)3)17-21(25)24(16-20-12-9-14-27-20)15-19-10-7-6-8-11-19/h6-12,14,18H,4-5,13,15-17H2,1-3H3. The minimum absolute atomic E-state index is 0.00245. The second-order valence-corrected chi connectivity index (χ2v) is 8.12. The van der Waals surface area contributed by atoms with Crippen LogP contribution in [-0.4, -0.2) is 34.7 Å². The van der Waals surface area contributed by atoms with E-state index in [-0.39, 0.29) is 24.3 Å². The smallest absolute Gasteiger partial charge is 0.242 e. The highest BCUT2D eigenvalue weighted by Gasteiger charge is 2.23. The molecule has 0 saturated heterocycles. The number of thiophene rings is 1. The van der Waals surface area contributed by atoms with Crippen LogP contribution in [0, 0.1) is 5.92 Å². The van der Waals surface area contributed by atoms with Crippen molar-refractivity contribution in [3.8, 4) is 0 Å². The van der Waals surface area contributed by atoms with Crippen LogP contribution in [0.4, 0.5) is 0 Å². The van der Waals surface area contributed by atoms with E-state index in [1.54, 1.807) is 16.2 Å². The molecule has 0 spiro atoms. The first kappa shape index (κ1) is 21.2. The molecule has 0 atom stereocenters. The maximum Gasteiger partial charge on any atom is 0.242 e. The topological polar surface area (TPSA) is 40.6 Å². The van der Waals surface area contributed by atoms with Gasteiger partial charge in [-0.3, -0.25) is 9.59 Å². The predicted octanol–water partition coefficient (Wildman–Crippen LogP) is 4.56. The van der Waals surface area contributed by atoms with Crippen LogP contribution in [0.15, 0.2) is 47.8 Å². The van der Waals surface area contributed by atoms with Crippen LogP contribution < -0.4 is 0 Å². The van der Waals surface area contributed by atoms with Gasteiger partial charge < -0.3 is 9.80 Å². The lowest BCUT2D eigenvalue weighted by Gasteiger charge is -2.28. The third-order valence-electron chi connectivity index (χ3n) is 4.41. The van der Waals surface area contributed by atoms with Gasteiger partial charge >= 0.3 is 0 Å². The van der Waals surface area contributed by atoms with Crippen molar-refractivity contribution < 1.29 is 9.59 Å². The highest BCUT2D eigenvalue weighted by Crippen LogP contribution is 2.16. The average molecular weight is 387 g/mol. The maximum atomic E-state index is 13.1. The highest BCUT2D eigenvalue weighted by atomic mass is 32.1. The molecule has 1 aromatic carbocycles. The largest absolute Gasteiger partial charge is 0.333 e. The Balaban J connectivity index is 2.13. The van der Waals surface area contributed by atoms with E-state index < -0.39 is 0 Å². The number of hydrogen-bond acceptors (Lipinski definition) is 3. The predicted molar refractivity (Wildman–Crippen MR) is 111 cm³/mol. The van der Waals surface area contributed by atoms with Gasteiger partial charge in [-0.2, -0.15) is 0 Å². The first-order valence-electron chi connectivity index (χ1n) is 9.64. The van der Waals surface area contributed by atoms with Crippen molar-refractivity contribution in [2.45, 2.75) is 46.7 Å². The minimum atomic E-state index is -0.102. The second-order valence-electron chi connectivity index (χ2n) is 7.08. The Bertz CT molecular complexity index is 698. The fourth-order valence-corrected chi connectivity index (χ4v) is 3.59. The molecule has 27 heavy (non-hydrogen) atoms. The fourth-order valence-electron chi connectivity index (χ4n) is 2.87. The molecular formula is C22H30N2O2S. The summed E-state index contributed by atoms with van der Waals surface area (Å²) in [4.78, 5) is 30.4. The van der Waals surface area contributed by atoms with E-state index in [1.807, 2.05) is 66.6 Å². The van der Waals surface area contributed by atoms with Crippen molar-refractivity contribution in [3.63, 3.8) is 0 Å². The number of unbranched alkanes of at least 4 members (excludes halogenated alkanes) is 1. The lowest BCUT2D eigenvalue weighted by Crippen LogP contribution is -2.44. The average Bonchev–Trinajstić information content (AvgIpc) is 3.17. The van der Waals surface area contributed by atoms with Gasteiger partial charge in [0.15, 0.2) is 0 Å². The molecular weight excluding hydrogens is 356 g/mol. The van der Waals surface area contributed by atoms with Crippen molar-refractivity contribution >= 4 is 23.2 Å². The molecule has 1 heterocycles. The quantitative estimate of drug-likeness (QED) is 0.600. The van der Waals surface area contributed by atoms with Gasteiger partial charge in [0.25, 0.3) is 0 Å². The summed E-state index contributed by atoms with van der Waals surface area (Å²) < 4.78 is 0. The van der Waals surface area contributed by atoms with E-state index in [4.69, 9.17) is 0 Å². The molecule has 0 unspecified atom stereocenters. The summed E-state index contributed by atoms with van der Waals surface area (Å²) >= 11 is 1.65. The third kappa shape index (κ3) is 6.83. The number of hydrogen-bond donors (Lipinski definition) is 0. The Hall–Kier alpha value is -2.14. The Morgan fingerprint density at radius 3 is 2.33 bits per heavy atom. The Labute approximate surface area is 166 Å². The van der Waals surface area contributed by atoms with Crippen molar-refractivity contribution in [2.75, 3.05) is 13.1 Å². The number of amides is 2. The van der Waals surface area contributed by atoms with Crippen molar-refractivity contribution in [3.05, 3.63) is 58.3 Å². The van der Waals surface area contributed by atoms with Gasteiger partial charge in [-0.1, -0.05) is 63.6 Å². The molecule has 0 N–H and O–H groups in total. The van der Waals surface area contributed by atoms with Crippen molar-refractivity contribution in [2.24, 2.45) is 5.92 Å². The van der Waals surface area contributed by atoms with Crippen molar-refractivity contribution in [1.82, 2.24) is 9.80 Å². The van der Waals surface area contributed by atoms with Crippen LogP contribution in [0.2, 0.25) is 0 Å². The molecule has 146 valence electrons. The van der Waals surface area contributed by atoms with E-state index in [0.717, 1.165) is 23.3 Å². The van der Waals surface area contributed by atoms with E-state index >= 15 is 0 Å². The van der Waals surface area contributed by atoms with Gasteiger partial charge in [-0.25, -0.2) is 0 Å². The van der Waals surface area contributed by atoms with Gasteiger partial charge in [0.2, 0.25) is 11.8 Å². The molecule has 0 aliphatic heterocycles. The van der Waals surface area contributed by atoms with E-state index in [2.05, 4.69) is 6.92 Å². The van der Waals surface area contributed by atoms with Crippen LogP contribution in [-0.2, 0) is 22.7 Å². The molecule has 0 saturated carbocycles. The number of nitrogens with zero attached hydrogens (tertiary/aromatic N) is 2. The zero-order valence-electron chi connectivity index (χ0n) is 16.6. The summed E-state index contributed by atoms with van der Waals surface area (Å²) in [5.74, 6) is -0.0560. The minimum Gasteiger partial charge on any atom is -0.333 e. The third-order valence-corrected chi connectivity index (χ3v) is 5.27. The SMILES string of the molecule is CCCCN(CC(=O)N(Cc1ccccc1)Cc1cccs1)C(=O)C(C)C. The Morgan fingerprint density at radius 1 is 1.00 bits per heavy atom. The monoisotopic (exact) mass is 386 g/mol. The molecule has 0 aliphatic carbocycles. The molecule has 1 aromatic heterocycles. The molecule has 2 rings (SSSR count). The normalized spacial score (nSPS) is 10.8. The number of carbonyl (C=O) groups excluding carboxylic acids is 2. The Morgan fingerprint density at radius 2 is 1.74 bits per heavy atom. The maximum absolute atomic E-state index is 13.1. The van der Waals surface area contributed by atoms with Crippen molar-refractivity contribution in [1.29, 1.82) is 0 Å². The molecule has 0 bridgehead atoms. The number of benzene rings is 1. The molecule has 5 heteroatoms. The lowest BCUT2D eigenvalue weighted by atomic mass is 10.1. The first-order chi connectivity index (χ1) is 13.0. The van der Waals surface area contributed by atoms with Gasteiger partial charge in [-0.05, 0) is 23.4 Å². The molecule has 0 radical (unpaired) electrons. The lowest BCUT2D eigenvalue weighted by molar-refractivity contribution is -0.143. The van der Waals surface area contributed by atoms with Crippen LogP contribution >= 0.6 is 11.3 Å². The fraction of sp³-hybridized carbons (Fsp3) is 0.455. The van der Waals surface area contributed by atoms with Crippen LogP contribution in [0.3, 0.4) is 0 Å². The van der Waals surface area contributed by atoms with E-state index in [9.17, 15) is 9.59 Å². The molecule has 2 amide bonds. The van der Waals surface area contributed by atoms with Crippen LogP contribution in [0.1, 0.15) is 44.1 Å². The van der Waals surface area contributed by atoms with E-state index in [0.29, 0.717) is 19.6 Å². The summed E-state index contributed by atoms with van der Waals surface area (Å²) in [6.07, 6.45) is 1.91. The number of carbonyl (C=O) groups is 2. The van der Waals surface area contributed by atoms with E-state index in [1.165, 1.54) is 0 Å². The molecule has 0 aliphatic rings. The summed E-state index contributed by atoms with van der Waals surface area (Å²) in [7, 11) is 0. The van der Waals surface area contributed by atoms with Gasteiger partial charge in [-0.15, -0.1) is 11.3 Å². The zero-order chi connectivity index (χ0) is 19.6. The second kappa shape index (κ2) is 10.9. The highest BCUT2D eigenvalue weighted by molar-refractivity contribution is 7.09. The first-order valence-corrected chi connectivity index (χ1v) is 10.5. The molecule has 0 fully saturated rings. The summed E-state index contributed by atoms with van der Waals surface area (Å²) in [6, 6.07) is 14.1.